The van der Waals surface area contributed by atoms with Gasteiger partial charge in [0.25, 0.3) is 0 Å². The first-order valence-electron chi connectivity index (χ1n) is 10.4. The summed E-state index contributed by atoms with van der Waals surface area (Å²) in [5.74, 6) is 2.49. The molecule has 0 fully saturated rings. The van der Waals surface area contributed by atoms with Gasteiger partial charge < -0.3 is 25.0 Å². The minimum Gasteiger partial charge on any atom is -0.454 e. The van der Waals surface area contributed by atoms with Crippen molar-refractivity contribution in [2.45, 2.75) is 32.4 Å². The van der Waals surface area contributed by atoms with Crippen molar-refractivity contribution in [2.24, 2.45) is 4.99 Å². The molecule has 2 aliphatic rings. The molecule has 0 atom stereocenters. The third-order valence-corrected chi connectivity index (χ3v) is 5.46. The molecule has 7 heteroatoms. The van der Waals surface area contributed by atoms with Gasteiger partial charge in [0, 0.05) is 39.6 Å². The van der Waals surface area contributed by atoms with Gasteiger partial charge in [0.15, 0.2) is 17.5 Å². The lowest BCUT2D eigenvalue weighted by molar-refractivity contribution is -0.132. The van der Waals surface area contributed by atoms with Crippen LogP contribution in [0.3, 0.4) is 0 Å². The molecule has 4 rings (SSSR count). The van der Waals surface area contributed by atoms with E-state index in [0.717, 1.165) is 43.0 Å². The summed E-state index contributed by atoms with van der Waals surface area (Å²) in [6.07, 6.45) is 2.24. The highest BCUT2D eigenvalue weighted by atomic mass is 16.7. The van der Waals surface area contributed by atoms with E-state index in [1.54, 1.807) is 7.05 Å². The highest BCUT2D eigenvalue weighted by Crippen LogP contribution is 2.32. The molecule has 2 aromatic rings. The number of ether oxygens (including phenoxy) is 2. The first-order valence-corrected chi connectivity index (χ1v) is 10.4. The van der Waals surface area contributed by atoms with Crippen LogP contribution in [0.1, 0.15) is 29.5 Å². The number of hydrogen-bond acceptors (Lipinski definition) is 4. The van der Waals surface area contributed by atoms with Crippen LogP contribution < -0.4 is 20.1 Å². The van der Waals surface area contributed by atoms with Crippen LogP contribution in [0, 0.1) is 0 Å². The fourth-order valence-corrected chi connectivity index (χ4v) is 3.77. The molecule has 0 aliphatic carbocycles. The van der Waals surface area contributed by atoms with Gasteiger partial charge in [-0.2, -0.15) is 0 Å². The van der Waals surface area contributed by atoms with Gasteiger partial charge in [0.2, 0.25) is 12.7 Å². The normalized spacial score (nSPS) is 15.0. The van der Waals surface area contributed by atoms with Crippen molar-refractivity contribution in [3.05, 3.63) is 59.2 Å². The number of fused-ring (bicyclic) bond motifs is 2. The number of nitrogens with zero attached hydrogens (tertiary/aromatic N) is 2. The van der Waals surface area contributed by atoms with E-state index in [0.29, 0.717) is 25.5 Å². The number of benzene rings is 2. The van der Waals surface area contributed by atoms with E-state index >= 15 is 0 Å². The Morgan fingerprint density at radius 3 is 2.80 bits per heavy atom. The standard InChI is InChI=1S/C23H28N4O3/c1-24-23(26-14-17-8-9-20-21(13-17)30-16-29-20)25-11-4-7-22(28)27-12-10-18-5-2-3-6-19(18)15-27/h2-3,5-6,8-9,13H,4,7,10-12,14-16H2,1H3,(H2,24,25,26). The first-order chi connectivity index (χ1) is 14.7. The van der Waals surface area contributed by atoms with Crippen molar-refractivity contribution in [1.29, 1.82) is 0 Å². The van der Waals surface area contributed by atoms with Crippen LogP contribution in [-0.4, -0.2) is 43.7 Å². The average molecular weight is 409 g/mol. The predicted molar refractivity (Wildman–Crippen MR) is 116 cm³/mol. The van der Waals surface area contributed by atoms with E-state index in [1.165, 1.54) is 11.1 Å². The van der Waals surface area contributed by atoms with E-state index in [2.05, 4.69) is 33.8 Å². The Balaban J connectivity index is 1.17. The van der Waals surface area contributed by atoms with E-state index < -0.39 is 0 Å². The molecule has 0 radical (unpaired) electrons. The highest BCUT2D eigenvalue weighted by Gasteiger charge is 2.19. The van der Waals surface area contributed by atoms with Crippen molar-refractivity contribution >= 4 is 11.9 Å². The third-order valence-electron chi connectivity index (χ3n) is 5.46. The van der Waals surface area contributed by atoms with Gasteiger partial charge in [-0.15, -0.1) is 0 Å². The zero-order chi connectivity index (χ0) is 20.8. The molecule has 0 spiro atoms. The summed E-state index contributed by atoms with van der Waals surface area (Å²) in [5.41, 5.74) is 3.71. The minimum absolute atomic E-state index is 0.217. The molecular weight excluding hydrogens is 380 g/mol. The molecule has 0 saturated heterocycles. The van der Waals surface area contributed by atoms with E-state index in [-0.39, 0.29) is 12.7 Å². The van der Waals surface area contributed by atoms with E-state index in [9.17, 15) is 4.79 Å². The number of aliphatic imine (C=N–C) groups is 1. The topological polar surface area (TPSA) is 75.2 Å². The Bertz CT molecular complexity index is 928. The van der Waals surface area contributed by atoms with Crippen LogP contribution in [0.15, 0.2) is 47.5 Å². The summed E-state index contributed by atoms with van der Waals surface area (Å²) < 4.78 is 10.7. The first kappa shape index (κ1) is 20.1. The van der Waals surface area contributed by atoms with Crippen LogP contribution in [0.2, 0.25) is 0 Å². The Kier molecular flexibility index (Phi) is 6.37. The Morgan fingerprint density at radius 1 is 1.10 bits per heavy atom. The molecule has 7 nitrogen and oxygen atoms in total. The number of carbonyl (C=O) groups is 1. The van der Waals surface area contributed by atoms with Crippen LogP contribution in [0.25, 0.3) is 0 Å². The van der Waals surface area contributed by atoms with Gasteiger partial charge in [0.05, 0.1) is 0 Å². The molecule has 0 unspecified atom stereocenters. The second-order valence-electron chi connectivity index (χ2n) is 7.48. The van der Waals surface area contributed by atoms with E-state index in [1.807, 2.05) is 29.2 Å². The zero-order valence-corrected chi connectivity index (χ0v) is 17.3. The molecule has 2 N–H and O–H groups in total. The molecular formula is C23H28N4O3. The number of rotatable bonds is 6. The maximum absolute atomic E-state index is 12.6. The van der Waals surface area contributed by atoms with Crippen molar-refractivity contribution in [3.63, 3.8) is 0 Å². The maximum Gasteiger partial charge on any atom is 0.231 e. The van der Waals surface area contributed by atoms with Gasteiger partial charge >= 0.3 is 0 Å². The second-order valence-corrected chi connectivity index (χ2v) is 7.48. The minimum atomic E-state index is 0.217. The average Bonchev–Trinajstić information content (AvgIpc) is 3.26. The summed E-state index contributed by atoms with van der Waals surface area (Å²) in [6.45, 7) is 3.13. The molecule has 0 saturated carbocycles. The van der Waals surface area contributed by atoms with Crippen LogP contribution >= 0.6 is 0 Å². The third kappa shape index (κ3) is 4.84. The molecule has 30 heavy (non-hydrogen) atoms. The number of hydrogen-bond donors (Lipinski definition) is 2. The molecule has 2 heterocycles. The van der Waals surface area contributed by atoms with Crippen molar-refractivity contribution < 1.29 is 14.3 Å². The molecule has 0 aromatic heterocycles. The van der Waals surface area contributed by atoms with Crippen LogP contribution in [0.4, 0.5) is 0 Å². The highest BCUT2D eigenvalue weighted by molar-refractivity contribution is 5.80. The smallest absolute Gasteiger partial charge is 0.231 e. The van der Waals surface area contributed by atoms with Crippen LogP contribution in [-0.2, 0) is 24.3 Å². The summed E-state index contributed by atoms with van der Waals surface area (Å²) >= 11 is 0. The Labute approximate surface area is 177 Å². The summed E-state index contributed by atoms with van der Waals surface area (Å²) in [7, 11) is 1.74. The molecule has 1 amide bonds. The number of guanidine groups is 1. The zero-order valence-electron chi connectivity index (χ0n) is 17.3. The van der Waals surface area contributed by atoms with Gasteiger partial charge in [0.1, 0.15) is 0 Å². The second kappa shape index (κ2) is 9.52. The fraction of sp³-hybridized carbons (Fsp3) is 0.391. The summed E-state index contributed by atoms with van der Waals surface area (Å²) in [4.78, 5) is 18.8. The van der Waals surface area contributed by atoms with Crippen LogP contribution in [0.5, 0.6) is 11.5 Å². The molecule has 2 aromatic carbocycles. The van der Waals surface area contributed by atoms with Gasteiger partial charge in [-0.25, -0.2) is 0 Å². The molecule has 0 bridgehead atoms. The lowest BCUT2D eigenvalue weighted by atomic mass is 9.99. The lowest BCUT2D eigenvalue weighted by Crippen LogP contribution is -2.38. The Morgan fingerprint density at radius 2 is 1.93 bits per heavy atom. The fourth-order valence-electron chi connectivity index (χ4n) is 3.77. The van der Waals surface area contributed by atoms with Crippen molar-refractivity contribution in [2.75, 3.05) is 26.9 Å². The summed E-state index contributed by atoms with van der Waals surface area (Å²) in [6, 6.07) is 14.3. The number of amides is 1. The predicted octanol–water partition coefficient (Wildman–Crippen LogP) is 2.45. The van der Waals surface area contributed by atoms with Crippen molar-refractivity contribution in [3.8, 4) is 11.5 Å². The molecule has 158 valence electrons. The van der Waals surface area contributed by atoms with Gasteiger partial charge in [-0.3, -0.25) is 9.79 Å². The van der Waals surface area contributed by atoms with E-state index in [4.69, 9.17) is 9.47 Å². The number of carbonyl (C=O) groups excluding carboxylic acids is 1. The monoisotopic (exact) mass is 408 g/mol. The van der Waals surface area contributed by atoms with Gasteiger partial charge in [-0.05, 0) is 41.7 Å². The largest absolute Gasteiger partial charge is 0.454 e. The van der Waals surface area contributed by atoms with Crippen molar-refractivity contribution in [1.82, 2.24) is 15.5 Å². The maximum atomic E-state index is 12.6. The lowest BCUT2D eigenvalue weighted by Gasteiger charge is -2.29. The van der Waals surface area contributed by atoms with Gasteiger partial charge in [-0.1, -0.05) is 30.3 Å². The number of nitrogens with one attached hydrogen (secondary N) is 2. The summed E-state index contributed by atoms with van der Waals surface area (Å²) in [5, 5.41) is 6.56. The quantitative estimate of drug-likeness (QED) is 0.436. The SMILES string of the molecule is CN=C(NCCCC(=O)N1CCc2ccccc2C1)NCc1ccc2c(c1)OCO2. The Hall–Kier alpha value is -3.22. The molecule has 2 aliphatic heterocycles.